The Balaban J connectivity index is 2.31. The summed E-state index contributed by atoms with van der Waals surface area (Å²) in [7, 11) is 0. The van der Waals surface area contributed by atoms with E-state index in [0.717, 1.165) is 0 Å². The van der Waals surface area contributed by atoms with Crippen LogP contribution in [0.2, 0.25) is 10.0 Å². The number of carbonyl (C=O) groups is 2. The summed E-state index contributed by atoms with van der Waals surface area (Å²) in [5.41, 5.74) is -0.247. The summed E-state index contributed by atoms with van der Waals surface area (Å²) in [6.45, 7) is 3.54. The van der Waals surface area contributed by atoms with E-state index >= 15 is 0 Å². The average Bonchev–Trinajstić information content (AvgIpc) is 2.98. The van der Waals surface area contributed by atoms with Crippen molar-refractivity contribution in [3.63, 3.8) is 0 Å². The van der Waals surface area contributed by atoms with E-state index in [-0.39, 0.29) is 18.9 Å². The molecule has 0 unspecified atom stereocenters. The van der Waals surface area contributed by atoms with Gasteiger partial charge >= 0.3 is 11.9 Å². The Labute approximate surface area is 166 Å². The van der Waals surface area contributed by atoms with Crippen molar-refractivity contribution in [2.75, 3.05) is 13.2 Å². The van der Waals surface area contributed by atoms with Crippen molar-refractivity contribution >= 4 is 46.5 Å². The molecule has 0 aliphatic carbocycles. The van der Waals surface area contributed by atoms with Crippen LogP contribution in [0, 0.1) is 0 Å². The number of esters is 2. The molecule has 0 spiro atoms. The average molecular weight is 406 g/mol. The predicted octanol–water partition coefficient (Wildman–Crippen LogP) is 4.49. The van der Waals surface area contributed by atoms with Crippen molar-refractivity contribution in [1.82, 2.24) is 0 Å². The Morgan fingerprint density at radius 1 is 0.926 bits per heavy atom. The highest BCUT2D eigenvalue weighted by Gasteiger charge is 2.59. The number of ether oxygens (including phenoxy) is 2. The number of halogens is 2. The van der Waals surface area contributed by atoms with Gasteiger partial charge in [-0.05, 0) is 49.7 Å². The number of fused-ring (bicyclic) bond motifs is 1. The van der Waals surface area contributed by atoms with Gasteiger partial charge in [-0.25, -0.2) is 0 Å². The third kappa shape index (κ3) is 3.22. The van der Waals surface area contributed by atoms with E-state index in [1.807, 2.05) is 0 Å². The minimum absolute atomic E-state index is 0.101. The first-order chi connectivity index (χ1) is 12.9. The largest absolute Gasteiger partial charge is 0.465 e. The number of hydrogen-bond acceptors (Lipinski definition) is 5. The van der Waals surface area contributed by atoms with Crippen LogP contribution < -0.4 is 0 Å². The van der Waals surface area contributed by atoms with Crippen molar-refractivity contribution < 1.29 is 19.1 Å². The van der Waals surface area contributed by atoms with Gasteiger partial charge in [-0.1, -0.05) is 35.3 Å². The molecular formula is C20H17Cl2NO4. The van der Waals surface area contributed by atoms with Crippen molar-refractivity contribution in [3.8, 4) is 0 Å². The molecule has 5 nitrogen and oxygen atoms in total. The van der Waals surface area contributed by atoms with Gasteiger partial charge < -0.3 is 9.47 Å². The minimum Gasteiger partial charge on any atom is -0.465 e. The maximum Gasteiger partial charge on any atom is 0.334 e. The third-order valence-corrected chi connectivity index (χ3v) is 4.72. The minimum atomic E-state index is -1.85. The number of benzene rings is 2. The van der Waals surface area contributed by atoms with Gasteiger partial charge in [-0.15, -0.1) is 0 Å². The van der Waals surface area contributed by atoms with E-state index in [2.05, 4.69) is 4.99 Å². The molecule has 0 saturated carbocycles. The van der Waals surface area contributed by atoms with E-state index in [4.69, 9.17) is 32.7 Å². The van der Waals surface area contributed by atoms with Crippen LogP contribution in [0.4, 0.5) is 5.69 Å². The van der Waals surface area contributed by atoms with Crippen LogP contribution in [-0.2, 0) is 24.5 Å². The quantitative estimate of drug-likeness (QED) is 0.542. The van der Waals surface area contributed by atoms with Gasteiger partial charge in [-0.2, -0.15) is 0 Å². The second kappa shape index (κ2) is 7.71. The zero-order valence-corrected chi connectivity index (χ0v) is 16.3. The topological polar surface area (TPSA) is 65.0 Å². The lowest BCUT2D eigenvalue weighted by molar-refractivity contribution is -0.160. The standard InChI is InChI=1S/C20H17Cl2NO4/c1-3-26-18(24)20(19(25)27-4-2)15-11-14(22)9-10-16(15)23-17(20)12-5-7-13(21)8-6-12/h5-11H,3-4H2,1-2H3. The number of hydrogen-bond donors (Lipinski definition) is 0. The lowest BCUT2D eigenvalue weighted by Crippen LogP contribution is -2.51. The normalized spacial score (nSPS) is 14.3. The Bertz CT molecular complexity index is 904. The molecule has 3 rings (SSSR count). The lowest BCUT2D eigenvalue weighted by atomic mass is 9.75. The summed E-state index contributed by atoms with van der Waals surface area (Å²) in [4.78, 5) is 30.8. The van der Waals surface area contributed by atoms with E-state index in [0.29, 0.717) is 26.9 Å². The van der Waals surface area contributed by atoms with Crippen LogP contribution >= 0.6 is 23.2 Å². The van der Waals surface area contributed by atoms with Crippen LogP contribution in [0.1, 0.15) is 25.0 Å². The highest BCUT2D eigenvalue weighted by molar-refractivity contribution is 6.37. The molecule has 0 aromatic heterocycles. The van der Waals surface area contributed by atoms with Crippen molar-refractivity contribution in [2.45, 2.75) is 19.3 Å². The Kier molecular flexibility index (Phi) is 5.53. The fraction of sp³-hybridized carbons (Fsp3) is 0.250. The smallest absolute Gasteiger partial charge is 0.334 e. The molecule has 2 aromatic rings. The van der Waals surface area contributed by atoms with Gasteiger partial charge in [0.25, 0.3) is 0 Å². The molecule has 140 valence electrons. The monoisotopic (exact) mass is 405 g/mol. The summed E-state index contributed by atoms with van der Waals surface area (Å²) >= 11 is 12.1. The molecule has 1 aliphatic heterocycles. The number of aliphatic imine (C=N–C) groups is 1. The van der Waals surface area contributed by atoms with E-state index in [1.54, 1.807) is 56.3 Å². The number of carbonyl (C=O) groups excluding carboxylic acids is 2. The lowest BCUT2D eigenvalue weighted by Gasteiger charge is -2.27. The summed E-state index contributed by atoms with van der Waals surface area (Å²) < 4.78 is 10.6. The summed E-state index contributed by atoms with van der Waals surface area (Å²) in [5, 5.41) is 0.898. The third-order valence-electron chi connectivity index (χ3n) is 4.23. The maximum absolute atomic E-state index is 13.1. The zero-order valence-electron chi connectivity index (χ0n) is 14.8. The van der Waals surface area contributed by atoms with E-state index < -0.39 is 17.4 Å². The fourth-order valence-corrected chi connectivity index (χ4v) is 3.40. The Hall–Kier alpha value is -2.37. The number of rotatable bonds is 5. The van der Waals surface area contributed by atoms with Gasteiger partial charge in [0.2, 0.25) is 5.41 Å². The van der Waals surface area contributed by atoms with Crippen LogP contribution in [0.25, 0.3) is 0 Å². The second-order valence-corrected chi connectivity index (χ2v) is 6.69. The molecule has 0 bridgehead atoms. The fourth-order valence-electron chi connectivity index (χ4n) is 3.10. The van der Waals surface area contributed by atoms with Crippen LogP contribution in [0.15, 0.2) is 47.5 Å². The van der Waals surface area contributed by atoms with Crippen LogP contribution in [0.3, 0.4) is 0 Å². The molecule has 0 amide bonds. The molecular weight excluding hydrogens is 389 g/mol. The molecule has 1 heterocycles. The SMILES string of the molecule is CCOC(=O)C1(C(=O)OCC)C(c2ccc(Cl)cc2)=Nc2ccc(Cl)cc21. The molecule has 0 N–H and O–H groups in total. The second-order valence-electron chi connectivity index (χ2n) is 5.82. The van der Waals surface area contributed by atoms with E-state index in [9.17, 15) is 9.59 Å². The number of nitrogens with zero attached hydrogens (tertiary/aromatic N) is 1. The van der Waals surface area contributed by atoms with Gasteiger partial charge in [0.05, 0.1) is 24.6 Å². The molecule has 0 atom stereocenters. The molecule has 7 heteroatoms. The summed E-state index contributed by atoms with van der Waals surface area (Å²) in [6.07, 6.45) is 0. The Morgan fingerprint density at radius 3 is 2.04 bits per heavy atom. The molecule has 2 aromatic carbocycles. The van der Waals surface area contributed by atoms with Gasteiger partial charge in [0.1, 0.15) is 0 Å². The predicted molar refractivity (Wildman–Crippen MR) is 104 cm³/mol. The first-order valence-electron chi connectivity index (χ1n) is 8.44. The van der Waals surface area contributed by atoms with Gasteiger partial charge in [-0.3, -0.25) is 14.6 Å². The van der Waals surface area contributed by atoms with E-state index in [1.165, 1.54) is 0 Å². The van der Waals surface area contributed by atoms with Crippen molar-refractivity contribution in [3.05, 3.63) is 63.6 Å². The zero-order chi connectivity index (χ0) is 19.6. The first kappa shape index (κ1) is 19.4. The first-order valence-corrected chi connectivity index (χ1v) is 9.20. The molecule has 27 heavy (non-hydrogen) atoms. The maximum atomic E-state index is 13.1. The molecule has 0 radical (unpaired) electrons. The van der Waals surface area contributed by atoms with Crippen LogP contribution in [0.5, 0.6) is 0 Å². The molecule has 0 fully saturated rings. The van der Waals surface area contributed by atoms with Gasteiger partial charge in [0, 0.05) is 15.6 Å². The van der Waals surface area contributed by atoms with Crippen LogP contribution in [-0.4, -0.2) is 30.9 Å². The summed E-state index contributed by atoms with van der Waals surface area (Å²) in [5.74, 6) is -1.50. The Morgan fingerprint density at radius 2 is 1.48 bits per heavy atom. The van der Waals surface area contributed by atoms with Crippen molar-refractivity contribution in [2.24, 2.45) is 4.99 Å². The summed E-state index contributed by atoms with van der Waals surface area (Å²) in [6, 6.07) is 11.6. The molecule has 1 aliphatic rings. The molecule has 0 saturated heterocycles. The van der Waals surface area contributed by atoms with Gasteiger partial charge in [0.15, 0.2) is 0 Å². The highest BCUT2D eigenvalue weighted by atomic mass is 35.5. The highest BCUT2D eigenvalue weighted by Crippen LogP contribution is 2.45. The van der Waals surface area contributed by atoms with Crippen molar-refractivity contribution in [1.29, 1.82) is 0 Å².